The molecule has 0 aliphatic heterocycles. The van der Waals surface area contributed by atoms with E-state index in [1.807, 2.05) is 12.1 Å². The molecule has 0 heterocycles. The smallest absolute Gasteiger partial charge is 0.259 e. The van der Waals surface area contributed by atoms with Gasteiger partial charge < -0.3 is 5.32 Å². The molecule has 4 aliphatic rings. The van der Waals surface area contributed by atoms with Crippen molar-refractivity contribution in [1.82, 2.24) is 10.7 Å². The number of carbonyl (C=O) groups excluding carboxylic acids is 2. The lowest BCUT2D eigenvalue weighted by Crippen LogP contribution is -2.54. The second kappa shape index (κ2) is 7.03. The molecule has 1 aromatic carbocycles. The van der Waals surface area contributed by atoms with Crippen molar-refractivity contribution in [2.45, 2.75) is 38.5 Å². The number of nitrogens with zero attached hydrogens (tertiary/aromatic N) is 1. The maximum atomic E-state index is 12.8. The minimum atomic E-state index is -0.312. The van der Waals surface area contributed by atoms with Crippen LogP contribution < -0.4 is 10.7 Å². The van der Waals surface area contributed by atoms with Gasteiger partial charge in [0.1, 0.15) is 0 Å². The van der Waals surface area contributed by atoms with Crippen molar-refractivity contribution in [3.63, 3.8) is 0 Å². The van der Waals surface area contributed by atoms with Gasteiger partial charge in [-0.1, -0.05) is 23.7 Å². The summed E-state index contributed by atoms with van der Waals surface area (Å²) < 4.78 is 0. The van der Waals surface area contributed by atoms with E-state index in [0.29, 0.717) is 22.8 Å². The second-order valence-electron chi connectivity index (χ2n) is 8.23. The normalized spacial score (nSPS) is 32.0. The van der Waals surface area contributed by atoms with Crippen molar-refractivity contribution in [3.8, 4) is 0 Å². The van der Waals surface area contributed by atoms with Gasteiger partial charge in [0.25, 0.3) is 5.91 Å². The summed E-state index contributed by atoms with van der Waals surface area (Å²) in [6.07, 6.45) is 8.45. The highest BCUT2D eigenvalue weighted by atomic mass is 35.5. The van der Waals surface area contributed by atoms with Crippen LogP contribution in [0.1, 0.15) is 44.1 Å². The van der Waals surface area contributed by atoms with Crippen LogP contribution in [-0.2, 0) is 9.59 Å². The Balaban J connectivity index is 1.26. The number of hydrogen-bond donors (Lipinski definition) is 2. The molecule has 138 valence electrons. The molecule has 0 unspecified atom stereocenters. The molecule has 0 aromatic heterocycles. The molecular formula is C20H24ClN3O2. The van der Waals surface area contributed by atoms with Gasteiger partial charge in [0.15, 0.2) is 0 Å². The fraction of sp³-hybridized carbons (Fsp3) is 0.550. The molecule has 5 rings (SSSR count). The molecule has 4 aliphatic carbocycles. The Morgan fingerprint density at radius 1 is 1.08 bits per heavy atom. The third-order valence-corrected chi connectivity index (χ3v) is 6.45. The first-order valence-electron chi connectivity index (χ1n) is 9.38. The molecule has 26 heavy (non-hydrogen) atoms. The fourth-order valence-corrected chi connectivity index (χ4v) is 5.63. The first-order valence-corrected chi connectivity index (χ1v) is 9.76. The molecule has 0 spiro atoms. The van der Waals surface area contributed by atoms with E-state index in [9.17, 15) is 9.59 Å². The molecule has 4 fully saturated rings. The second-order valence-corrected chi connectivity index (χ2v) is 8.66. The van der Waals surface area contributed by atoms with Gasteiger partial charge in [-0.2, -0.15) is 5.10 Å². The highest BCUT2D eigenvalue weighted by Gasteiger charge is 2.54. The largest absolute Gasteiger partial charge is 0.346 e. The van der Waals surface area contributed by atoms with Gasteiger partial charge in [0.05, 0.1) is 12.8 Å². The summed E-state index contributed by atoms with van der Waals surface area (Å²) in [4.78, 5) is 24.7. The molecule has 2 N–H and O–H groups in total. The monoisotopic (exact) mass is 373 g/mol. The molecule has 1 aromatic rings. The van der Waals surface area contributed by atoms with E-state index in [1.54, 1.807) is 18.3 Å². The van der Waals surface area contributed by atoms with Gasteiger partial charge in [0.2, 0.25) is 5.91 Å². The average Bonchev–Trinajstić information content (AvgIpc) is 2.60. The zero-order valence-corrected chi connectivity index (χ0v) is 15.5. The topological polar surface area (TPSA) is 70.6 Å². The van der Waals surface area contributed by atoms with Crippen molar-refractivity contribution in [1.29, 1.82) is 0 Å². The number of carbonyl (C=O) groups is 2. The lowest BCUT2D eigenvalue weighted by Gasteiger charge is -2.55. The predicted molar refractivity (Wildman–Crippen MR) is 101 cm³/mol. The minimum absolute atomic E-state index is 0.0292. The number of halogens is 1. The molecular weight excluding hydrogens is 350 g/mol. The van der Waals surface area contributed by atoms with E-state index in [1.165, 1.54) is 19.3 Å². The van der Waals surface area contributed by atoms with E-state index in [0.717, 1.165) is 24.8 Å². The minimum Gasteiger partial charge on any atom is -0.346 e. The Hall–Kier alpha value is -1.88. The van der Waals surface area contributed by atoms with Crippen LogP contribution in [-0.4, -0.2) is 24.6 Å². The van der Waals surface area contributed by atoms with Crippen molar-refractivity contribution in [3.05, 3.63) is 34.9 Å². The Morgan fingerprint density at radius 3 is 2.23 bits per heavy atom. The molecule has 6 heteroatoms. The first-order chi connectivity index (χ1) is 12.5. The Labute approximate surface area is 158 Å². The molecule has 4 saturated carbocycles. The van der Waals surface area contributed by atoms with Crippen LogP contribution in [0, 0.1) is 23.2 Å². The number of amides is 2. The summed E-state index contributed by atoms with van der Waals surface area (Å²) in [7, 11) is 0. The molecule has 5 nitrogen and oxygen atoms in total. The Kier molecular flexibility index (Phi) is 4.74. The fourth-order valence-electron chi connectivity index (χ4n) is 5.50. The quantitative estimate of drug-likeness (QED) is 0.615. The van der Waals surface area contributed by atoms with Gasteiger partial charge in [0, 0.05) is 10.4 Å². The zero-order chi connectivity index (χ0) is 18.1. The highest BCUT2D eigenvalue weighted by molar-refractivity contribution is 6.30. The number of hydrazone groups is 1. The summed E-state index contributed by atoms with van der Waals surface area (Å²) in [5.41, 5.74) is 3.08. The van der Waals surface area contributed by atoms with Gasteiger partial charge in [-0.05, 0) is 74.0 Å². The van der Waals surface area contributed by atoms with Gasteiger partial charge in [-0.15, -0.1) is 0 Å². The van der Waals surface area contributed by atoms with Crippen LogP contribution in [0.5, 0.6) is 0 Å². The molecule has 0 saturated heterocycles. The van der Waals surface area contributed by atoms with E-state index >= 15 is 0 Å². The number of nitrogens with one attached hydrogen (secondary N) is 2. The van der Waals surface area contributed by atoms with Gasteiger partial charge in [-0.25, -0.2) is 5.43 Å². The summed E-state index contributed by atoms with van der Waals surface area (Å²) in [6, 6.07) is 7.15. The van der Waals surface area contributed by atoms with Crippen LogP contribution in [0.25, 0.3) is 0 Å². The van der Waals surface area contributed by atoms with Crippen LogP contribution in [0.3, 0.4) is 0 Å². The van der Waals surface area contributed by atoms with E-state index in [-0.39, 0.29) is 23.8 Å². The van der Waals surface area contributed by atoms with Crippen LogP contribution in [0.15, 0.2) is 29.4 Å². The average molecular weight is 374 g/mol. The van der Waals surface area contributed by atoms with Crippen molar-refractivity contribution < 1.29 is 9.59 Å². The molecule has 0 radical (unpaired) electrons. The maximum absolute atomic E-state index is 12.8. The van der Waals surface area contributed by atoms with Crippen LogP contribution >= 0.6 is 11.6 Å². The van der Waals surface area contributed by atoms with Crippen molar-refractivity contribution in [2.75, 3.05) is 6.54 Å². The standard InChI is InChI=1S/C20H24ClN3O2/c21-17-3-1-13(2-4-17)11-23-24-18(25)12-22-19(26)20-8-14-5-15(9-20)7-16(6-14)10-20/h1-4,11,14-16H,5-10,12H2,(H,22,26)(H,24,25). The lowest BCUT2D eigenvalue weighted by atomic mass is 9.49. The lowest BCUT2D eigenvalue weighted by molar-refractivity contribution is -0.147. The van der Waals surface area contributed by atoms with Crippen molar-refractivity contribution >= 4 is 29.6 Å². The number of rotatable bonds is 5. The Bertz CT molecular complexity index is 694. The Morgan fingerprint density at radius 2 is 1.65 bits per heavy atom. The summed E-state index contributed by atoms with van der Waals surface area (Å²) in [5.74, 6) is 1.89. The zero-order valence-electron chi connectivity index (χ0n) is 14.7. The van der Waals surface area contributed by atoms with Gasteiger partial charge in [-0.3, -0.25) is 9.59 Å². The van der Waals surface area contributed by atoms with Crippen molar-refractivity contribution in [2.24, 2.45) is 28.3 Å². The SMILES string of the molecule is O=C(CNC(=O)C12CC3CC(CC(C3)C1)C2)NN=Cc1ccc(Cl)cc1. The van der Waals surface area contributed by atoms with Crippen LogP contribution in [0.2, 0.25) is 5.02 Å². The third kappa shape index (κ3) is 3.63. The predicted octanol–water partition coefficient (Wildman–Crippen LogP) is 3.12. The summed E-state index contributed by atoms with van der Waals surface area (Å²) in [6.45, 7) is -0.0292. The first kappa shape index (κ1) is 17.5. The number of hydrogen-bond acceptors (Lipinski definition) is 3. The molecule has 0 atom stereocenters. The van der Waals surface area contributed by atoms with Gasteiger partial charge >= 0.3 is 0 Å². The van der Waals surface area contributed by atoms with Crippen LogP contribution in [0.4, 0.5) is 0 Å². The van der Waals surface area contributed by atoms with E-state index in [2.05, 4.69) is 15.8 Å². The number of benzene rings is 1. The molecule has 4 bridgehead atoms. The maximum Gasteiger partial charge on any atom is 0.259 e. The highest BCUT2D eigenvalue weighted by Crippen LogP contribution is 2.60. The van der Waals surface area contributed by atoms with E-state index in [4.69, 9.17) is 11.6 Å². The summed E-state index contributed by atoms with van der Waals surface area (Å²) in [5, 5.41) is 7.43. The van der Waals surface area contributed by atoms with E-state index < -0.39 is 0 Å². The third-order valence-electron chi connectivity index (χ3n) is 6.20. The molecule has 2 amide bonds. The summed E-state index contributed by atoms with van der Waals surface area (Å²) >= 11 is 5.82.